The molecule has 98 valence electrons. The van der Waals surface area contributed by atoms with E-state index in [4.69, 9.17) is 4.74 Å². The molecule has 0 radical (unpaired) electrons. The Morgan fingerprint density at radius 2 is 1.88 bits per heavy atom. The summed E-state index contributed by atoms with van der Waals surface area (Å²) >= 11 is 0. The summed E-state index contributed by atoms with van der Waals surface area (Å²) in [5.41, 5.74) is -0.402. The smallest absolute Gasteiger partial charge is 0.324 e. The van der Waals surface area contributed by atoms with Crippen molar-refractivity contribution in [3.63, 3.8) is 0 Å². The second-order valence-electron chi connectivity index (χ2n) is 6.18. The van der Waals surface area contributed by atoms with Crippen molar-refractivity contribution < 1.29 is 9.53 Å². The number of ether oxygens (including phenoxy) is 1. The Hall–Kier alpha value is -0.610. The van der Waals surface area contributed by atoms with E-state index in [1.807, 2.05) is 20.8 Å². The van der Waals surface area contributed by atoms with Crippen LogP contribution in [0, 0.1) is 5.92 Å². The molecule has 4 nitrogen and oxygen atoms in total. The molecule has 4 heteroatoms. The number of carbonyl (C=O) groups is 1. The highest BCUT2D eigenvalue weighted by Gasteiger charge is 2.34. The van der Waals surface area contributed by atoms with Crippen LogP contribution in [-0.4, -0.2) is 36.7 Å². The van der Waals surface area contributed by atoms with E-state index in [9.17, 15) is 4.79 Å². The average molecular weight is 240 g/mol. The summed E-state index contributed by atoms with van der Waals surface area (Å²) in [6.45, 7) is 7.31. The quantitative estimate of drug-likeness (QED) is 0.709. The fourth-order valence-electron chi connectivity index (χ4n) is 2.30. The van der Waals surface area contributed by atoms with Gasteiger partial charge in [-0.25, -0.2) is 0 Å². The third-order valence-electron chi connectivity index (χ3n) is 3.31. The van der Waals surface area contributed by atoms with Crippen LogP contribution < -0.4 is 10.6 Å². The molecule has 17 heavy (non-hydrogen) atoms. The van der Waals surface area contributed by atoms with Gasteiger partial charge in [0.15, 0.2) is 0 Å². The first-order chi connectivity index (χ1) is 7.96. The van der Waals surface area contributed by atoms with Gasteiger partial charge in [-0.05, 0) is 52.5 Å². The largest absolute Gasteiger partial charge is 0.459 e. The maximum absolute atomic E-state index is 11.9. The van der Waals surface area contributed by atoms with Gasteiger partial charge in [-0.15, -0.1) is 0 Å². The highest BCUT2D eigenvalue weighted by Crippen LogP contribution is 2.34. The Labute approximate surface area is 103 Å². The SMILES string of the molecule is CC(C)(C)OC(=O)[C@@H]1CN[C@H](C2CC2)CCN1. The van der Waals surface area contributed by atoms with Crippen LogP contribution in [0.4, 0.5) is 0 Å². The second-order valence-corrected chi connectivity index (χ2v) is 6.18. The lowest BCUT2D eigenvalue weighted by Crippen LogP contribution is -2.46. The van der Waals surface area contributed by atoms with Gasteiger partial charge in [0.2, 0.25) is 0 Å². The van der Waals surface area contributed by atoms with Crippen LogP contribution >= 0.6 is 0 Å². The van der Waals surface area contributed by atoms with Crippen LogP contribution in [0.2, 0.25) is 0 Å². The lowest BCUT2D eigenvalue weighted by atomic mass is 10.1. The van der Waals surface area contributed by atoms with Gasteiger partial charge < -0.3 is 15.4 Å². The monoisotopic (exact) mass is 240 g/mol. The van der Waals surface area contributed by atoms with Gasteiger partial charge in [0.25, 0.3) is 0 Å². The van der Waals surface area contributed by atoms with E-state index in [0.29, 0.717) is 12.6 Å². The summed E-state index contributed by atoms with van der Waals surface area (Å²) < 4.78 is 5.40. The topological polar surface area (TPSA) is 50.4 Å². The number of rotatable bonds is 2. The van der Waals surface area contributed by atoms with Crippen molar-refractivity contribution in [1.82, 2.24) is 10.6 Å². The van der Waals surface area contributed by atoms with Crippen LogP contribution in [0.1, 0.15) is 40.0 Å². The van der Waals surface area contributed by atoms with E-state index in [1.54, 1.807) is 0 Å². The number of carbonyl (C=O) groups excluding carboxylic acids is 1. The molecule has 0 bridgehead atoms. The lowest BCUT2D eigenvalue weighted by molar-refractivity contribution is -0.157. The molecular formula is C13H24N2O2. The Balaban J connectivity index is 1.83. The normalized spacial score (nSPS) is 30.8. The minimum absolute atomic E-state index is 0.138. The first-order valence-corrected chi connectivity index (χ1v) is 6.65. The van der Waals surface area contributed by atoms with Crippen molar-refractivity contribution >= 4 is 5.97 Å². The van der Waals surface area contributed by atoms with Crippen molar-refractivity contribution in [1.29, 1.82) is 0 Å². The predicted octanol–water partition coefficient (Wildman–Crippen LogP) is 1.06. The molecule has 2 N–H and O–H groups in total. The molecule has 2 aliphatic rings. The van der Waals surface area contributed by atoms with Gasteiger partial charge in [0.05, 0.1) is 0 Å². The van der Waals surface area contributed by atoms with Crippen molar-refractivity contribution in [2.24, 2.45) is 5.92 Å². The number of esters is 1. The first-order valence-electron chi connectivity index (χ1n) is 6.65. The van der Waals surface area contributed by atoms with Crippen LogP contribution in [0.25, 0.3) is 0 Å². The standard InChI is InChI=1S/C13H24N2O2/c1-13(2,3)17-12(16)11-8-15-10(6-7-14-11)9-4-5-9/h9-11,14-15H,4-8H2,1-3H3/t10-,11-/m0/s1. The molecule has 1 aliphatic carbocycles. The van der Waals surface area contributed by atoms with Crippen LogP contribution in [0.3, 0.4) is 0 Å². The van der Waals surface area contributed by atoms with Crippen molar-refractivity contribution in [2.75, 3.05) is 13.1 Å². The Morgan fingerprint density at radius 3 is 2.47 bits per heavy atom. The molecule has 0 aromatic carbocycles. The second kappa shape index (κ2) is 4.94. The Morgan fingerprint density at radius 1 is 1.18 bits per heavy atom. The van der Waals surface area contributed by atoms with Gasteiger partial charge in [-0.2, -0.15) is 0 Å². The van der Waals surface area contributed by atoms with Gasteiger partial charge in [-0.3, -0.25) is 4.79 Å². The maximum Gasteiger partial charge on any atom is 0.324 e. The molecule has 0 spiro atoms. The summed E-state index contributed by atoms with van der Waals surface area (Å²) in [5, 5.41) is 6.78. The van der Waals surface area contributed by atoms with Crippen molar-refractivity contribution in [3.05, 3.63) is 0 Å². The summed E-state index contributed by atoms with van der Waals surface area (Å²) in [7, 11) is 0. The third kappa shape index (κ3) is 3.96. The third-order valence-corrected chi connectivity index (χ3v) is 3.31. The number of hydrogen-bond acceptors (Lipinski definition) is 4. The lowest BCUT2D eigenvalue weighted by Gasteiger charge is -2.23. The summed E-state index contributed by atoms with van der Waals surface area (Å²) in [6.07, 6.45) is 3.80. The molecule has 1 heterocycles. The molecule has 0 aromatic heterocycles. The molecule has 2 atom stereocenters. The molecule has 0 unspecified atom stereocenters. The van der Waals surface area contributed by atoms with Crippen molar-refractivity contribution in [2.45, 2.75) is 57.7 Å². The maximum atomic E-state index is 11.9. The molecule has 0 aromatic rings. The first kappa shape index (κ1) is 12.8. The van der Waals surface area contributed by atoms with E-state index in [0.717, 1.165) is 18.9 Å². The highest BCUT2D eigenvalue weighted by molar-refractivity contribution is 5.76. The van der Waals surface area contributed by atoms with E-state index in [2.05, 4.69) is 10.6 Å². The minimum Gasteiger partial charge on any atom is -0.459 e. The molecule has 1 saturated heterocycles. The Bertz CT molecular complexity index is 282. The number of nitrogens with one attached hydrogen (secondary N) is 2. The summed E-state index contributed by atoms with van der Waals surface area (Å²) in [4.78, 5) is 11.9. The zero-order chi connectivity index (χ0) is 12.5. The highest BCUT2D eigenvalue weighted by atomic mass is 16.6. The molecule has 2 rings (SSSR count). The molecule has 1 aliphatic heterocycles. The van der Waals surface area contributed by atoms with Gasteiger partial charge in [0.1, 0.15) is 11.6 Å². The molecular weight excluding hydrogens is 216 g/mol. The zero-order valence-corrected chi connectivity index (χ0v) is 11.1. The summed E-state index contributed by atoms with van der Waals surface area (Å²) in [6, 6.07) is 0.396. The average Bonchev–Trinajstić information content (AvgIpc) is 3.02. The zero-order valence-electron chi connectivity index (χ0n) is 11.1. The van der Waals surface area contributed by atoms with Gasteiger partial charge >= 0.3 is 5.97 Å². The van der Waals surface area contributed by atoms with Crippen molar-refractivity contribution in [3.8, 4) is 0 Å². The number of hydrogen-bond donors (Lipinski definition) is 2. The minimum atomic E-state index is -0.402. The van der Waals surface area contributed by atoms with E-state index in [-0.39, 0.29) is 12.0 Å². The van der Waals surface area contributed by atoms with E-state index in [1.165, 1.54) is 12.8 Å². The van der Waals surface area contributed by atoms with E-state index < -0.39 is 5.60 Å². The molecule has 0 amide bonds. The fourth-order valence-corrected chi connectivity index (χ4v) is 2.30. The molecule has 1 saturated carbocycles. The summed E-state index contributed by atoms with van der Waals surface area (Å²) in [5.74, 6) is 0.704. The van der Waals surface area contributed by atoms with Gasteiger partial charge in [0, 0.05) is 12.6 Å². The van der Waals surface area contributed by atoms with Gasteiger partial charge in [-0.1, -0.05) is 0 Å². The fraction of sp³-hybridized carbons (Fsp3) is 0.923. The Kier molecular flexibility index (Phi) is 3.73. The van der Waals surface area contributed by atoms with Crippen LogP contribution in [0.5, 0.6) is 0 Å². The molecule has 2 fully saturated rings. The van der Waals surface area contributed by atoms with E-state index >= 15 is 0 Å². The predicted molar refractivity (Wildman–Crippen MR) is 66.8 cm³/mol. The van der Waals surface area contributed by atoms with Crippen LogP contribution in [0.15, 0.2) is 0 Å². The van der Waals surface area contributed by atoms with Crippen LogP contribution in [-0.2, 0) is 9.53 Å².